The molecule has 0 spiro atoms. The van der Waals surface area contributed by atoms with E-state index in [0.717, 1.165) is 54.5 Å². The second kappa shape index (κ2) is 8.52. The highest BCUT2D eigenvalue weighted by Crippen LogP contribution is 2.27. The van der Waals surface area contributed by atoms with E-state index >= 15 is 0 Å². The molecule has 4 rings (SSSR count). The normalized spacial score (nSPS) is 15.6. The highest BCUT2D eigenvalue weighted by atomic mass is 35.5. The van der Waals surface area contributed by atoms with Crippen molar-refractivity contribution in [3.05, 3.63) is 76.3 Å². The molecule has 1 amide bonds. The van der Waals surface area contributed by atoms with E-state index in [-0.39, 0.29) is 11.8 Å². The molecule has 3 nitrogen and oxygen atoms in total. The van der Waals surface area contributed by atoms with Gasteiger partial charge in [0.1, 0.15) is 0 Å². The van der Waals surface area contributed by atoms with Crippen molar-refractivity contribution in [3.63, 3.8) is 0 Å². The average Bonchev–Trinajstić information content (AvgIpc) is 2.71. The van der Waals surface area contributed by atoms with Crippen LogP contribution >= 0.6 is 23.2 Å². The second-order valence-corrected chi connectivity index (χ2v) is 8.15. The number of carbonyl (C=O) groups excluding carboxylic acids is 1. The summed E-state index contributed by atoms with van der Waals surface area (Å²) in [4.78, 5) is 15.1. The van der Waals surface area contributed by atoms with Gasteiger partial charge in [-0.1, -0.05) is 65.7 Å². The third-order valence-corrected chi connectivity index (χ3v) is 6.00. The molecule has 0 aromatic heterocycles. The maximum atomic E-state index is 12.8. The summed E-state index contributed by atoms with van der Waals surface area (Å²) in [6, 6.07) is 19.8. The van der Waals surface area contributed by atoms with Crippen molar-refractivity contribution in [2.75, 3.05) is 18.4 Å². The number of anilines is 1. The molecule has 3 aromatic carbocycles. The third-order valence-electron chi connectivity index (χ3n) is 5.41. The Balaban J connectivity index is 1.36. The minimum absolute atomic E-state index is 0.0379. The van der Waals surface area contributed by atoms with E-state index in [1.807, 2.05) is 42.5 Å². The number of rotatable bonds is 4. The SMILES string of the molecule is O=C(Nc1cccc2ccccc12)C1CCN(Cc2ccc(Cl)cc2Cl)CC1. The maximum absolute atomic E-state index is 12.8. The number of piperidine rings is 1. The van der Waals surface area contributed by atoms with Gasteiger partial charge >= 0.3 is 0 Å². The predicted octanol–water partition coefficient (Wildman–Crippen LogP) is 6.00. The Hall–Kier alpha value is -2.07. The lowest BCUT2D eigenvalue weighted by molar-refractivity contribution is -0.121. The third kappa shape index (κ3) is 4.33. The topological polar surface area (TPSA) is 32.3 Å². The Morgan fingerprint density at radius 3 is 2.54 bits per heavy atom. The van der Waals surface area contributed by atoms with Gasteiger partial charge < -0.3 is 5.32 Å². The molecule has 28 heavy (non-hydrogen) atoms. The molecule has 1 aliphatic heterocycles. The second-order valence-electron chi connectivity index (χ2n) is 7.30. The molecule has 3 aromatic rings. The summed E-state index contributed by atoms with van der Waals surface area (Å²) in [5.74, 6) is 0.149. The summed E-state index contributed by atoms with van der Waals surface area (Å²) in [5.41, 5.74) is 1.96. The van der Waals surface area contributed by atoms with E-state index in [9.17, 15) is 4.79 Å². The van der Waals surface area contributed by atoms with E-state index in [2.05, 4.69) is 22.3 Å². The number of likely N-dealkylation sites (tertiary alicyclic amines) is 1. The van der Waals surface area contributed by atoms with Gasteiger partial charge in [0.05, 0.1) is 0 Å². The summed E-state index contributed by atoms with van der Waals surface area (Å²) in [5, 5.41) is 6.70. The lowest BCUT2D eigenvalue weighted by Crippen LogP contribution is -2.37. The number of halogens is 2. The van der Waals surface area contributed by atoms with Crippen molar-refractivity contribution in [1.29, 1.82) is 0 Å². The Kier molecular flexibility index (Phi) is 5.86. The lowest BCUT2D eigenvalue weighted by atomic mass is 9.95. The predicted molar refractivity (Wildman–Crippen MR) is 117 cm³/mol. The van der Waals surface area contributed by atoms with Crippen LogP contribution in [0.3, 0.4) is 0 Å². The zero-order chi connectivity index (χ0) is 19.5. The van der Waals surface area contributed by atoms with Crippen LogP contribution in [-0.4, -0.2) is 23.9 Å². The van der Waals surface area contributed by atoms with Gasteiger partial charge in [0.15, 0.2) is 0 Å². The Labute approximate surface area is 175 Å². The molecule has 1 saturated heterocycles. The van der Waals surface area contributed by atoms with Crippen LogP contribution in [-0.2, 0) is 11.3 Å². The summed E-state index contributed by atoms with van der Waals surface area (Å²) < 4.78 is 0. The highest BCUT2D eigenvalue weighted by molar-refractivity contribution is 6.35. The van der Waals surface area contributed by atoms with Crippen molar-refractivity contribution in [2.45, 2.75) is 19.4 Å². The van der Waals surface area contributed by atoms with Crippen molar-refractivity contribution in [3.8, 4) is 0 Å². The van der Waals surface area contributed by atoms with E-state index in [0.29, 0.717) is 10.0 Å². The van der Waals surface area contributed by atoms with Gasteiger partial charge in [0.25, 0.3) is 0 Å². The molecule has 1 heterocycles. The molecule has 0 bridgehead atoms. The molecular weight excluding hydrogens is 391 g/mol. The smallest absolute Gasteiger partial charge is 0.227 e. The molecule has 0 saturated carbocycles. The quantitative estimate of drug-likeness (QED) is 0.569. The number of carbonyl (C=O) groups is 1. The van der Waals surface area contributed by atoms with Crippen LogP contribution in [0.2, 0.25) is 10.0 Å². The Morgan fingerprint density at radius 1 is 1.00 bits per heavy atom. The molecule has 1 fully saturated rings. The number of hydrogen-bond acceptors (Lipinski definition) is 2. The fourth-order valence-electron chi connectivity index (χ4n) is 3.81. The van der Waals surface area contributed by atoms with Crippen LogP contribution in [0.5, 0.6) is 0 Å². The number of hydrogen-bond donors (Lipinski definition) is 1. The van der Waals surface area contributed by atoms with Crippen molar-refractivity contribution in [1.82, 2.24) is 4.90 Å². The molecular formula is C23H22Cl2N2O. The zero-order valence-electron chi connectivity index (χ0n) is 15.5. The minimum atomic E-state index is 0.0379. The molecule has 1 N–H and O–H groups in total. The minimum Gasteiger partial charge on any atom is -0.325 e. The van der Waals surface area contributed by atoms with Gasteiger partial charge in [0, 0.05) is 33.6 Å². The summed E-state index contributed by atoms with van der Waals surface area (Å²) in [6.07, 6.45) is 1.70. The van der Waals surface area contributed by atoms with Crippen LogP contribution in [0.1, 0.15) is 18.4 Å². The molecule has 0 aliphatic carbocycles. The zero-order valence-corrected chi connectivity index (χ0v) is 17.0. The van der Waals surface area contributed by atoms with E-state index in [4.69, 9.17) is 23.2 Å². The van der Waals surface area contributed by atoms with Crippen LogP contribution < -0.4 is 5.32 Å². The van der Waals surface area contributed by atoms with Gasteiger partial charge in [-0.2, -0.15) is 0 Å². The first-order valence-corrected chi connectivity index (χ1v) is 10.3. The summed E-state index contributed by atoms with van der Waals surface area (Å²) in [7, 11) is 0. The van der Waals surface area contributed by atoms with E-state index < -0.39 is 0 Å². The van der Waals surface area contributed by atoms with Crippen molar-refractivity contribution in [2.24, 2.45) is 5.92 Å². The van der Waals surface area contributed by atoms with E-state index in [1.54, 1.807) is 6.07 Å². The summed E-state index contributed by atoms with van der Waals surface area (Å²) >= 11 is 12.3. The average molecular weight is 413 g/mol. The van der Waals surface area contributed by atoms with Crippen LogP contribution in [0.15, 0.2) is 60.7 Å². The number of amides is 1. The van der Waals surface area contributed by atoms with Gasteiger partial charge in [-0.25, -0.2) is 0 Å². The Morgan fingerprint density at radius 2 is 1.75 bits per heavy atom. The van der Waals surface area contributed by atoms with Crippen molar-refractivity contribution < 1.29 is 4.79 Å². The standard InChI is InChI=1S/C23H22Cl2N2O/c24-19-9-8-18(21(25)14-19)15-27-12-10-17(11-13-27)23(28)26-22-7-3-5-16-4-1-2-6-20(16)22/h1-9,14,17H,10-13,15H2,(H,26,28). The maximum Gasteiger partial charge on any atom is 0.227 e. The number of fused-ring (bicyclic) bond motifs is 1. The van der Waals surface area contributed by atoms with Gasteiger partial charge in [-0.05, 0) is 55.1 Å². The van der Waals surface area contributed by atoms with Crippen LogP contribution in [0.25, 0.3) is 10.8 Å². The fourth-order valence-corrected chi connectivity index (χ4v) is 4.28. The van der Waals surface area contributed by atoms with Gasteiger partial charge in [-0.3, -0.25) is 9.69 Å². The number of nitrogens with one attached hydrogen (secondary N) is 1. The first-order valence-electron chi connectivity index (χ1n) is 9.55. The molecule has 0 radical (unpaired) electrons. The fraction of sp³-hybridized carbons (Fsp3) is 0.261. The van der Waals surface area contributed by atoms with Gasteiger partial charge in [0.2, 0.25) is 5.91 Å². The van der Waals surface area contributed by atoms with E-state index in [1.165, 1.54) is 0 Å². The molecule has 1 aliphatic rings. The molecule has 0 atom stereocenters. The number of benzene rings is 3. The number of nitrogens with zero attached hydrogens (tertiary/aromatic N) is 1. The summed E-state index contributed by atoms with van der Waals surface area (Å²) in [6.45, 7) is 2.55. The molecule has 0 unspecified atom stereocenters. The van der Waals surface area contributed by atoms with Gasteiger partial charge in [-0.15, -0.1) is 0 Å². The largest absolute Gasteiger partial charge is 0.325 e. The van der Waals surface area contributed by atoms with Crippen molar-refractivity contribution >= 4 is 45.6 Å². The lowest BCUT2D eigenvalue weighted by Gasteiger charge is -2.31. The molecule has 144 valence electrons. The van der Waals surface area contributed by atoms with Crippen LogP contribution in [0, 0.1) is 5.92 Å². The Bertz CT molecular complexity index is 992. The first kappa shape index (κ1) is 19.3. The molecule has 5 heteroatoms. The first-order chi connectivity index (χ1) is 13.6. The monoisotopic (exact) mass is 412 g/mol. The highest BCUT2D eigenvalue weighted by Gasteiger charge is 2.25. The van der Waals surface area contributed by atoms with Crippen LogP contribution in [0.4, 0.5) is 5.69 Å².